The van der Waals surface area contributed by atoms with Gasteiger partial charge in [0.25, 0.3) is 10.1 Å². The van der Waals surface area contributed by atoms with Gasteiger partial charge in [-0.3, -0.25) is 23.7 Å². The molecular weight excluding hydrogens is 518 g/mol. The molecule has 2 unspecified atom stereocenters. The van der Waals surface area contributed by atoms with Crippen LogP contribution in [0.1, 0.15) is 123 Å². The SMILES string of the molecule is CCCCCCCCCCCCCCCCCCC(C(=O)O)(C(C(N)=O)C(C)(C(=O)O)C(=O)O)S(=O)(=O)O. The van der Waals surface area contributed by atoms with E-state index in [1.165, 1.54) is 57.8 Å². The second-order valence-electron chi connectivity index (χ2n) is 10.4. The topological polar surface area (TPSA) is 209 Å². The van der Waals surface area contributed by atoms with Crippen LogP contribution in [0.5, 0.6) is 0 Å². The maximum absolute atomic E-state index is 12.3. The molecule has 0 aromatic heterocycles. The number of unbranched alkanes of at least 4 members (excludes halogenated alkanes) is 15. The molecule has 38 heavy (non-hydrogen) atoms. The monoisotopic (exact) mass is 565 g/mol. The molecule has 0 aliphatic rings. The van der Waals surface area contributed by atoms with Crippen LogP contribution in [0, 0.1) is 11.3 Å². The molecule has 0 saturated carbocycles. The van der Waals surface area contributed by atoms with E-state index in [1.54, 1.807) is 0 Å². The predicted molar refractivity (Wildman–Crippen MR) is 142 cm³/mol. The smallest absolute Gasteiger partial charge is 0.328 e. The van der Waals surface area contributed by atoms with Crippen molar-refractivity contribution in [3.8, 4) is 0 Å². The lowest BCUT2D eigenvalue weighted by molar-refractivity contribution is -0.173. The molecule has 0 aliphatic heterocycles. The molecule has 0 bridgehead atoms. The van der Waals surface area contributed by atoms with Crippen molar-refractivity contribution in [2.75, 3.05) is 0 Å². The Hall–Kier alpha value is -2.21. The van der Waals surface area contributed by atoms with Crippen LogP contribution in [0.3, 0.4) is 0 Å². The number of nitrogens with two attached hydrogens (primary N) is 1. The zero-order chi connectivity index (χ0) is 29.4. The number of hydrogen-bond acceptors (Lipinski definition) is 6. The number of carbonyl (C=O) groups is 4. The van der Waals surface area contributed by atoms with E-state index in [0.29, 0.717) is 19.8 Å². The van der Waals surface area contributed by atoms with Gasteiger partial charge in [-0.1, -0.05) is 110 Å². The fraction of sp³-hybridized carbons (Fsp3) is 0.846. The predicted octanol–water partition coefficient (Wildman–Crippen LogP) is 4.63. The Labute approximate surface area is 226 Å². The minimum absolute atomic E-state index is 0.108. The Morgan fingerprint density at radius 1 is 0.658 bits per heavy atom. The van der Waals surface area contributed by atoms with Gasteiger partial charge in [0.05, 0.1) is 5.92 Å². The van der Waals surface area contributed by atoms with E-state index >= 15 is 0 Å². The highest BCUT2D eigenvalue weighted by atomic mass is 32.2. The van der Waals surface area contributed by atoms with E-state index < -0.39 is 56.4 Å². The number of carboxylic acid groups (broad SMARTS) is 3. The summed E-state index contributed by atoms with van der Waals surface area (Å²) in [5, 5.41) is 28.8. The Bertz CT molecular complexity index is 859. The van der Waals surface area contributed by atoms with Gasteiger partial charge in [0.15, 0.2) is 5.41 Å². The molecule has 0 heterocycles. The molecule has 0 aromatic rings. The van der Waals surface area contributed by atoms with Crippen molar-refractivity contribution >= 4 is 33.9 Å². The number of carbonyl (C=O) groups excluding carboxylic acids is 1. The fourth-order valence-electron chi connectivity index (χ4n) is 5.02. The third-order valence-corrected chi connectivity index (χ3v) is 8.98. The number of amides is 1. The van der Waals surface area contributed by atoms with Gasteiger partial charge < -0.3 is 21.1 Å². The molecule has 12 heteroatoms. The summed E-state index contributed by atoms with van der Waals surface area (Å²) in [6.45, 7) is 2.71. The number of primary amides is 1. The molecule has 0 saturated heterocycles. The molecule has 11 nitrogen and oxygen atoms in total. The molecular formula is C26H47NO10S. The molecule has 222 valence electrons. The Morgan fingerprint density at radius 2 is 0.974 bits per heavy atom. The lowest BCUT2D eigenvalue weighted by atomic mass is 9.68. The van der Waals surface area contributed by atoms with Crippen LogP contribution in [0.2, 0.25) is 0 Å². The second-order valence-corrected chi connectivity index (χ2v) is 12.0. The standard InChI is InChI=1S/C26H47NO10S/c1-3-4-5-6-7-8-9-10-11-12-13-14-15-16-17-18-19-26(24(33)34,38(35,36)37)20(21(27)28)25(2,22(29)30)23(31)32/h20H,3-19H2,1-2H3,(H2,27,28)(H,29,30)(H,31,32)(H,33,34)(H,35,36,37). The van der Waals surface area contributed by atoms with E-state index in [2.05, 4.69) is 6.92 Å². The summed E-state index contributed by atoms with van der Waals surface area (Å²) >= 11 is 0. The van der Waals surface area contributed by atoms with Crippen molar-refractivity contribution in [2.45, 2.75) is 128 Å². The lowest BCUT2D eigenvalue weighted by Crippen LogP contribution is -2.65. The maximum Gasteiger partial charge on any atom is 0.328 e. The summed E-state index contributed by atoms with van der Waals surface area (Å²) in [5.74, 6) is -11.1. The van der Waals surface area contributed by atoms with Gasteiger partial charge >= 0.3 is 17.9 Å². The molecule has 0 rings (SSSR count). The Kier molecular flexibility index (Phi) is 16.4. The van der Waals surface area contributed by atoms with Crippen molar-refractivity contribution in [1.82, 2.24) is 0 Å². The van der Waals surface area contributed by atoms with Crippen LogP contribution in [0.25, 0.3) is 0 Å². The largest absolute Gasteiger partial charge is 0.480 e. The highest BCUT2D eigenvalue weighted by molar-refractivity contribution is 7.88. The van der Waals surface area contributed by atoms with E-state index in [-0.39, 0.29) is 6.42 Å². The van der Waals surface area contributed by atoms with Crippen molar-refractivity contribution in [3.63, 3.8) is 0 Å². The summed E-state index contributed by atoms with van der Waals surface area (Å²) in [6, 6.07) is 0. The first-order valence-corrected chi connectivity index (χ1v) is 15.1. The maximum atomic E-state index is 12.3. The minimum Gasteiger partial charge on any atom is -0.480 e. The lowest BCUT2D eigenvalue weighted by Gasteiger charge is -2.39. The van der Waals surface area contributed by atoms with Crippen LogP contribution >= 0.6 is 0 Å². The van der Waals surface area contributed by atoms with E-state index in [9.17, 15) is 47.5 Å². The molecule has 1 amide bonds. The molecule has 6 N–H and O–H groups in total. The number of carboxylic acids is 3. The van der Waals surface area contributed by atoms with Gasteiger partial charge in [-0.05, 0) is 13.3 Å². The van der Waals surface area contributed by atoms with Crippen molar-refractivity contribution in [3.05, 3.63) is 0 Å². The molecule has 0 aromatic carbocycles. The first kappa shape index (κ1) is 35.8. The van der Waals surface area contributed by atoms with Crippen LogP contribution < -0.4 is 5.73 Å². The first-order valence-electron chi connectivity index (χ1n) is 13.7. The van der Waals surface area contributed by atoms with Crippen LogP contribution in [0.15, 0.2) is 0 Å². The van der Waals surface area contributed by atoms with Crippen molar-refractivity contribution in [1.29, 1.82) is 0 Å². The summed E-state index contributed by atoms with van der Waals surface area (Å²) in [7, 11) is -5.67. The average Bonchev–Trinajstić information content (AvgIpc) is 2.81. The molecule has 2 atom stereocenters. The van der Waals surface area contributed by atoms with Crippen molar-refractivity contribution < 1.29 is 47.5 Å². The van der Waals surface area contributed by atoms with E-state index in [1.807, 2.05) is 0 Å². The van der Waals surface area contributed by atoms with Crippen LogP contribution in [0.4, 0.5) is 0 Å². The molecule has 0 fully saturated rings. The number of hydrogen-bond donors (Lipinski definition) is 5. The van der Waals surface area contributed by atoms with Gasteiger partial charge in [0.1, 0.15) is 0 Å². The highest BCUT2D eigenvalue weighted by Crippen LogP contribution is 2.44. The molecule has 0 radical (unpaired) electrons. The van der Waals surface area contributed by atoms with Crippen molar-refractivity contribution in [2.24, 2.45) is 17.1 Å². The summed E-state index contributed by atoms with van der Waals surface area (Å²) in [4.78, 5) is 47.9. The third-order valence-electron chi connectivity index (χ3n) is 7.44. The van der Waals surface area contributed by atoms with Crippen LogP contribution in [-0.4, -0.2) is 56.9 Å². The van der Waals surface area contributed by atoms with Gasteiger partial charge in [-0.15, -0.1) is 0 Å². The summed E-state index contributed by atoms with van der Waals surface area (Å²) in [6.07, 6.45) is 15.3. The average molecular weight is 566 g/mol. The van der Waals surface area contributed by atoms with Crippen LogP contribution in [-0.2, 0) is 29.3 Å². The summed E-state index contributed by atoms with van der Waals surface area (Å²) < 4.78 is 31.0. The van der Waals surface area contributed by atoms with E-state index in [0.717, 1.165) is 25.7 Å². The number of rotatable bonds is 24. The first-order chi connectivity index (χ1) is 17.7. The van der Waals surface area contributed by atoms with Gasteiger partial charge in [-0.25, -0.2) is 0 Å². The van der Waals surface area contributed by atoms with Gasteiger partial charge in [0, 0.05) is 0 Å². The Morgan fingerprint density at radius 3 is 1.21 bits per heavy atom. The third kappa shape index (κ3) is 10.2. The second kappa shape index (κ2) is 17.4. The number of aliphatic carboxylic acids is 3. The summed E-state index contributed by atoms with van der Waals surface area (Å²) in [5.41, 5.74) is 1.96. The zero-order valence-corrected chi connectivity index (χ0v) is 23.6. The van der Waals surface area contributed by atoms with E-state index in [4.69, 9.17) is 5.73 Å². The quantitative estimate of drug-likeness (QED) is 0.0622. The Balaban J connectivity index is 4.87. The molecule has 0 spiro atoms. The minimum atomic E-state index is -5.67. The van der Waals surface area contributed by atoms with Gasteiger partial charge in [-0.2, -0.15) is 8.42 Å². The van der Waals surface area contributed by atoms with Gasteiger partial charge in [0.2, 0.25) is 10.7 Å². The molecule has 0 aliphatic carbocycles. The highest BCUT2D eigenvalue weighted by Gasteiger charge is 2.68. The normalized spacial score (nSPS) is 14.5. The zero-order valence-electron chi connectivity index (χ0n) is 22.8. The fourth-order valence-corrected chi connectivity index (χ4v) is 6.29.